The van der Waals surface area contributed by atoms with E-state index in [1.54, 1.807) is 12.1 Å². The number of phenols is 1. The van der Waals surface area contributed by atoms with Gasteiger partial charge in [-0.3, -0.25) is 10.3 Å². The van der Waals surface area contributed by atoms with Crippen molar-refractivity contribution in [2.45, 2.75) is 19.4 Å². The number of aromatic hydroxyl groups is 1. The van der Waals surface area contributed by atoms with Gasteiger partial charge in [0, 0.05) is 12.1 Å². The number of carbonyl (C=O) groups is 1. The molecule has 1 aliphatic rings. The molecule has 0 unspecified atom stereocenters. The van der Waals surface area contributed by atoms with Crippen LogP contribution in [0.25, 0.3) is 0 Å². The second kappa shape index (κ2) is 9.23. The van der Waals surface area contributed by atoms with Crippen molar-refractivity contribution in [2.24, 2.45) is 5.73 Å². The van der Waals surface area contributed by atoms with Crippen LogP contribution in [0.15, 0.2) is 42.5 Å². The van der Waals surface area contributed by atoms with Crippen LogP contribution in [-0.4, -0.2) is 48.1 Å². The molecule has 1 saturated heterocycles. The molecule has 0 saturated carbocycles. The second-order valence-corrected chi connectivity index (χ2v) is 6.76. The molecular formula is C21H25N3O4. The Kier molecular flexibility index (Phi) is 6.49. The maximum Gasteiger partial charge on any atom is 0.338 e. The van der Waals surface area contributed by atoms with Crippen molar-refractivity contribution in [1.29, 1.82) is 5.41 Å². The minimum absolute atomic E-state index is 0.0398. The predicted molar refractivity (Wildman–Crippen MR) is 106 cm³/mol. The van der Waals surface area contributed by atoms with E-state index in [4.69, 9.17) is 20.6 Å². The first-order valence-corrected chi connectivity index (χ1v) is 9.31. The van der Waals surface area contributed by atoms with Gasteiger partial charge in [-0.2, -0.15) is 0 Å². The molecule has 0 spiro atoms. The fraction of sp³-hybridized carbons (Fsp3) is 0.333. The Morgan fingerprint density at radius 3 is 2.43 bits per heavy atom. The number of esters is 1. The lowest BCUT2D eigenvalue weighted by molar-refractivity contribution is 0.0449. The van der Waals surface area contributed by atoms with E-state index in [0.29, 0.717) is 11.1 Å². The van der Waals surface area contributed by atoms with E-state index in [-0.39, 0.29) is 30.5 Å². The topological polar surface area (TPSA) is 109 Å². The third-order valence-corrected chi connectivity index (χ3v) is 4.64. The number of benzene rings is 2. The summed E-state index contributed by atoms with van der Waals surface area (Å²) in [6, 6.07) is 11.9. The lowest BCUT2D eigenvalue weighted by atomic mass is 10.1. The van der Waals surface area contributed by atoms with Gasteiger partial charge in [-0.15, -0.1) is 0 Å². The molecule has 0 radical (unpaired) electrons. The first-order chi connectivity index (χ1) is 13.5. The normalized spacial score (nSPS) is 14.0. The summed E-state index contributed by atoms with van der Waals surface area (Å²) in [6.45, 7) is 3.29. The number of ether oxygens (including phenoxy) is 2. The van der Waals surface area contributed by atoms with E-state index < -0.39 is 5.97 Å². The summed E-state index contributed by atoms with van der Waals surface area (Å²) >= 11 is 0. The highest BCUT2D eigenvalue weighted by Crippen LogP contribution is 2.26. The summed E-state index contributed by atoms with van der Waals surface area (Å²) in [6.07, 6.45) is 2.51. The highest BCUT2D eigenvalue weighted by molar-refractivity contribution is 5.95. The van der Waals surface area contributed by atoms with Crippen molar-refractivity contribution in [3.05, 3.63) is 59.2 Å². The molecule has 3 rings (SSSR count). The van der Waals surface area contributed by atoms with Gasteiger partial charge in [0.2, 0.25) is 0 Å². The Morgan fingerprint density at radius 2 is 1.75 bits per heavy atom. The zero-order valence-electron chi connectivity index (χ0n) is 15.7. The van der Waals surface area contributed by atoms with Crippen LogP contribution in [-0.2, 0) is 11.3 Å². The van der Waals surface area contributed by atoms with E-state index >= 15 is 0 Å². The molecule has 7 heteroatoms. The van der Waals surface area contributed by atoms with Gasteiger partial charge in [0.05, 0.1) is 5.56 Å². The lowest BCUT2D eigenvalue weighted by Gasteiger charge is -2.14. The Labute approximate surface area is 164 Å². The molecule has 28 heavy (non-hydrogen) atoms. The summed E-state index contributed by atoms with van der Waals surface area (Å²) in [4.78, 5) is 14.5. The smallest absolute Gasteiger partial charge is 0.338 e. The standard InChI is InChI=1S/C21H25N3O4/c22-20(23)17-7-8-18(25)19(13-17)27-11-12-28-21(26)16-5-3-15(4-6-16)14-24-9-1-2-10-24/h3-8,13,25H,1-2,9-12,14H2,(H3,22,23). The molecule has 1 heterocycles. The summed E-state index contributed by atoms with van der Waals surface area (Å²) < 4.78 is 10.6. The van der Waals surface area contributed by atoms with Gasteiger partial charge >= 0.3 is 5.97 Å². The van der Waals surface area contributed by atoms with Crippen LogP contribution in [0.2, 0.25) is 0 Å². The molecule has 7 nitrogen and oxygen atoms in total. The number of phenolic OH excluding ortho intramolecular Hbond substituents is 1. The molecule has 2 aromatic rings. The average Bonchev–Trinajstić information content (AvgIpc) is 3.19. The number of nitrogens with two attached hydrogens (primary N) is 1. The van der Waals surface area contributed by atoms with Crippen LogP contribution < -0.4 is 10.5 Å². The Balaban J connectivity index is 1.45. The summed E-state index contributed by atoms with van der Waals surface area (Å²) in [5, 5.41) is 17.2. The zero-order valence-corrected chi connectivity index (χ0v) is 15.7. The van der Waals surface area contributed by atoms with Gasteiger partial charge in [-0.1, -0.05) is 12.1 Å². The Hall–Kier alpha value is -3.06. The monoisotopic (exact) mass is 383 g/mol. The van der Waals surface area contributed by atoms with E-state index in [1.165, 1.54) is 36.6 Å². The molecule has 0 amide bonds. The fourth-order valence-electron chi connectivity index (χ4n) is 3.11. The molecule has 1 aliphatic heterocycles. The van der Waals surface area contributed by atoms with Gasteiger partial charge in [0.25, 0.3) is 0 Å². The Morgan fingerprint density at radius 1 is 1.07 bits per heavy atom. The van der Waals surface area contributed by atoms with Crippen molar-refractivity contribution >= 4 is 11.8 Å². The van der Waals surface area contributed by atoms with Crippen molar-refractivity contribution in [2.75, 3.05) is 26.3 Å². The number of rotatable bonds is 8. The van der Waals surface area contributed by atoms with Gasteiger partial charge in [0.15, 0.2) is 11.5 Å². The van der Waals surface area contributed by atoms with E-state index in [2.05, 4.69) is 4.90 Å². The van der Waals surface area contributed by atoms with Crippen molar-refractivity contribution in [1.82, 2.24) is 4.90 Å². The maximum absolute atomic E-state index is 12.1. The number of amidine groups is 1. The van der Waals surface area contributed by atoms with E-state index in [0.717, 1.165) is 19.6 Å². The van der Waals surface area contributed by atoms with Crippen LogP contribution in [0.5, 0.6) is 11.5 Å². The SMILES string of the molecule is N=C(N)c1ccc(O)c(OCCOC(=O)c2ccc(CN3CCCC3)cc2)c1. The second-order valence-electron chi connectivity index (χ2n) is 6.76. The van der Waals surface area contributed by atoms with Crippen LogP contribution in [0.3, 0.4) is 0 Å². The molecule has 4 N–H and O–H groups in total. The molecule has 0 atom stereocenters. The maximum atomic E-state index is 12.1. The number of hydrogen-bond donors (Lipinski definition) is 3. The molecule has 0 bridgehead atoms. The third kappa shape index (κ3) is 5.23. The molecule has 0 aliphatic carbocycles. The zero-order chi connectivity index (χ0) is 19.9. The van der Waals surface area contributed by atoms with Crippen LogP contribution >= 0.6 is 0 Å². The van der Waals surface area contributed by atoms with Crippen LogP contribution in [0.4, 0.5) is 0 Å². The van der Waals surface area contributed by atoms with Crippen LogP contribution in [0, 0.1) is 5.41 Å². The van der Waals surface area contributed by atoms with Gasteiger partial charge in [0.1, 0.15) is 19.0 Å². The molecular weight excluding hydrogens is 358 g/mol. The van der Waals surface area contributed by atoms with Gasteiger partial charge in [-0.05, 0) is 61.8 Å². The first-order valence-electron chi connectivity index (χ1n) is 9.31. The number of carbonyl (C=O) groups excluding carboxylic acids is 1. The average molecular weight is 383 g/mol. The summed E-state index contributed by atoms with van der Waals surface area (Å²) in [7, 11) is 0. The minimum atomic E-state index is -0.418. The quantitative estimate of drug-likeness (QED) is 0.280. The summed E-state index contributed by atoms with van der Waals surface area (Å²) in [5.74, 6) is -0.414. The molecule has 148 valence electrons. The molecule has 1 fully saturated rings. The highest BCUT2D eigenvalue weighted by Gasteiger charge is 2.13. The van der Waals surface area contributed by atoms with Crippen LogP contribution in [0.1, 0.15) is 34.3 Å². The third-order valence-electron chi connectivity index (χ3n) is 4.64. The molecule has 2 aromatic carbocycles. The number of nitrogen functional groups attached to an aromatic ring is 1. The number of likely N-dealkylation sites (tertiary alicyclic amines) is 1. The van der Waals surface area contributed by atoms with Crippen molar-refractivity contribution in [3.63, 3.8) is 0 Å². The highest BCUT2D eigenvalue weighted by atomic mass is 16.6. The molecule has 0 aromatic heterocycles. The lowest BCUT2D eigenvalue weighted by Crippen LogP contribution is -2.18. The minimum Gasteiger partial charge on any atom is -0.504 e. The van der Waals surface area contributed by atoms with E-state index in [9.17, 15) is 9.90 Å². The van der Waals surface area contributed by atoms with Crippen molar-refractivity contribution in [3.8, 4) is 11.5 Å². The number of hydrogen-bond acceptors (Lipinski definition) is 6. The largest absolute Gasteiger partial charge is 0.504 e. The predicted octanol–water partition coefficient (Wildman–Crippen LogP) is 2.51. The number of nitrogens with zero attached hydrogens (tertiary/aromatic N) is 1. The van der Waals surface area contributed by atoms with Gasteiger partial charge in [-0.25, -0.2) is 4.79 Å². The fourth-order valence-corrected chi connectivity index (χ4v) is 3.11. The van der Waals surface area contributed by atoms with Crippen molar-refractivity contribution < 1.29 is 19.4 Å². The Bertz CT molecular complexity index is 830. The first kappa shape index (κ1) is 19.7. The van der Waals surface area contributed by atoms with E-state index in [1.807, 2.05) is 12.1 Å². The van der Waals surface area contributed by atoms with Gasteiger partial charge < -0.3 is 20.3 Å². The number of nitrogens with one attached hydrogen (secondary N) is 1. The summed E-state index contributed by atoms with van der Waals surface area (Å²) in [5.41, 5.74) is 7.54.